The Balaban J connectivity index is 2.02. The van der Waals surface area contributed by atoms with Gasteiger partial charge < -0.3 is 19.9 Å². The predicted octanol–water partition coefficient (Wildman–Crippen LogP) is 2.70. The fourth-order valence-corrected chi connectivity index (χ4v) is 2.48. The number of carbonyl (C=O) groups is 3. The lowest BCUT2D eigenvalue weighted by molar-refractivity contribution is -0.157. The van der Waals surface area contributed by atoms with Gasteiger partial charge >= 0.3 is 5.97 Å². The van der Waals surface area contributed by atoms with Gasteiger partial charge in [0.25, 0.3) is 11.8 Å². The molecule has 0 spiro atoms. The van der Waals surface area contributed by atoms with Crippen LogP contribution in [0.2, 0.25) is 0 Å². The Kier molecular flexibility index (Phi) is 7.31. The molecular formula is C20H25N3O5. The highest BCUT2D eigenvalue weighted by molar-refractivity contribution is 5.98. The summed E-state index contributed by atoms with van der Waals surface area (Å²) in [7, 11) is 0. The normalized spacial score (nSPS) is 12.9. The number of amides is 2. The summed E-state index contributed by atoms with van der Waals surface area (Å²) in [6.45, 7) is 6.99. The van der Waals surface area contributed by atoms with Crippen molar-refractivity contribution in [3.63, 3.8) is 0 Å². The Morgan fingerprint density at radius 1 is 1.18 bits per heavy atom. The van der Waals surface area contributed by atoms with E-state index in [0.29, 0.717) is 11.3 Å². The van der Waals surface area contributed by atoms with Crippen molar-refractivity contribution in [2.45, 2.75) is 46.3 Å². The Hall–Kier alpha value is -3.16. The van der Waals surface area contributed by atoms with E-state index in [1.807, 2.05) is 0 Å². The van der Waals surface area contributed by atoms with Gasteiger partial charge in [0.2, 0.25) is 0 Å². The number of anilines is 1. The van der Waals surface area contributed by atoms with Crippen LogP contribution in [0.15, 0.2) is 40.9 Å². The molecule has 0 bridgehead atoms. The number of benzene rings is 1. The van der Waals surface area contributed by atoms with Crippen molar-refractivity contribution in [1.82, 2.24) is 10.5 Å². The molecule has 2 rings (SSSR count). The number of nitrogens with zero attached hydrogens (tertiary/aromatic N) is 1. The van der Waals surface area contributed by atoms with Gasteiger partial charge in [-0.1, -0.05) is 44.1 Å². The van der Waals surface area contributed by atoms with Gasteiger partial charge in [-0.25, -0.2) is 4.79 Å². The molecule has 150 valence electrons. The third kappa shape index (κ3) is 5.67. The summed E-state index contributed by atoms with van der Waals surface area (Å²) in [5, 5.41) is 8.91. The molecule has 2 amide bonds. The summed E-state index contributed by atoms with van der Waals surface area (Å²) in [6.07, 6.45) is -0.745. The lowest BCUT2D eigenvalue weighted by Gasteiger charge is -2.23. The number of hydrogen-bond acceptors (Lipinski definition) is 6. The molecule has 0 aliphatic rings. The lowest BCUT2D eigenvalue weighted by Crippen LogP contribution is -2.47. The number of ether oxygens (including phenoxy) is 1. The molecule has 28 heavy (non-hydrogen) atoms. The van der Waals surface area contributed by atoms with Crippen LogP contribution in [0.3, 0.4) is 0 Å². The summed E-state index contributed by atoms with van der Waals surface area (Å²) in [6, 6.07) is 9.25. The molecule has 0 aliphatic heterocycles. The van der Waals surface area contributed by atoms with Gasteiger partial charge in [0.05, 0.1) is 0 Å². The Morgan fingerprint density at radius 3 is 2.39 bits per heavy atom. The first kappa shape index (κ1) is 21.1. The highest BCUT2D eigenvalue weighted by Crippen LogP contribution is 2.12. The molecule has 1 heterocycles. The third-order valence-corrected chi connectivity index (χ3v) is 4.04. The minimum atomic E-state index is -1.01. The van der Waals surface area contributed by atoms with Crippen LogP contribution in [-0.4, -0.2) is 35.1 Å². The van der Waals surface area contributed by atoms with Crippen molar-refractivity contribution >= 4 is 23.6 Å². The first-order valence-corrected chi connectivity index (χ1v) is 9.12. The number of esters is 1. The Labute approximate surface area is 163 Å². The van der Waals surface area contributed by atoms with Crippen LogP contribution in [0, 0.1) is 12.8 Å². The van der Waals surface area contributed by atoms with Crippen molar-refractivity contribution in [2.75, 3.05) is 5.32 Å². The number of aromatic nitrogens is 1. The monoisotopic (exact) mass is 387 g/mol. The highest BCUT2D eigenvalue weighted by atomic mass is 16.5. The quantitative estimate of drug-likeness (QED) is 0.674. The van der Waals surface area contributed by atoms with E-state index in [-0.39, 0.29) is 24.1 Å². The molecule has 2 aromatic rings. The third-order valence-electron chi connectivity index (χ3n) is 4.04. The van der Waals surface area contributed by atoms with E-state index in [4.69, 9.17) is 9.26 Å². The van der Waals surface area contributed by atoms with Gasteiger partial charge in [0.1, 0.15) is 11.8 Å². The van der Waals surface area contributed by atoms with E-state index in [1.165, 1.54) is 0 Å². The van der Waals surface area contributed by atoms with Crippen molar-refractivity contribution in [1.29, 1.82) is 0 Å². The topological polar surface area (TPSA) is 111 Å². The summed E-state index contributed by atoms with van der Waals surface area (Å²) in [5.74, 6) is -0.997. The van der Waals surface area contributed by atoms with Crippen LogP contribution in [0.5, 0.6) is 0 Å². The minimum Gasteiger partial charge on any atom is -0.451 e. The molecule has 1 aromatic heterocycles. The van der Waals surface area contributed by atoms with Gasteiger partial charge in [0.15, 0.2) is 11.9 Å². The van der Waals surface area contributed by atoms with Gasteiger partial charge in [-0.05, 0) is 31.4 Å². The molecule has 2 atom stereocenters. The summed E-state index contributed by atoms with van der Waals surface area (Å²) < 4.78 is 10.3. The van der Waals surface area contributed by atoms with Gasteiger partial charge in [0, 0.05) is 11.6 Å². The second-order valence-corrected chi connectivity index (χ2v) is 6.71. The predicted molar refractivity (Wildman–Crippen MR) is 103 cm³/mol. The van der Waals surface area contributed by atoms with Crippen molar-refractivity contribution in [2.24, 2.45) is 5.92 Å². The molecule has 0 aliphatic carbocycles. The number of nitrogens with one attached hydrogen (secondary N) is 2. The molecule has 1 unspecified atom stereocenters. The molecule has 1 aromatic carbocycles. The van der Waals surface area contributed by atoms with Crippen molar-refractivity contribution < 1.29 is 23.6 Å². The summed E-state index contributed by atoms with van der Waals surface area (Å²) in [5.41, 5.74) is 0.437. The smallest absolute Gasteiger partial charge is 0.329 e. The van der Waals surface area contributed by atoms with Gasteiger partial charge in [-0.15, -0.1) is 0 Å². The average molecular weight is 387 g/mol. The first-order valence-electron chi connectivity index (χ1n) is 9.12. The molecule has 8 heteroatoms. The second-order valence-electron chi connectivity index (χ2n) is 6.71. The largest absolute Gasteiger partial charge is 0.451 e. The molecular weight excluding hydrogens is 362 g/mol. The average Bonchev–Trinajstić information content (AvgIpc) is 3.08. The fourth-order valence-electron chi connectivity index (χ4n) is 2.48. The SMILES string of the molecule is CCC(OC(=O)[C@@H](NC(=O)c1ccccc1)C(C)C)C(=O)Nc1cc(C)on1. The zero-order chi connectivity index (χ0) is 20.7. The van der Waals surface area contributed by atoms with E-state index in [9.17, 15) is 14.4 Å². The number of hydrogen-bond donors (Lipinski definition) is 2. The minimum absolute atomic E-state index is 0.223. The highest BCUT2D eigenvalue weighted by Gasteiger charge is 2.30. The van der Waals surface area contributed by atoms with E-state index in [1.54, 1.807) is 64.1 Å². The number of aryl methyl sites for hydroxylation is 1. The maximum Gasteiger partial charge on any atom is 0.329 e. The lowest BCUT2D eigenvalue weighted by atomic mass is 10.0. The molecule has 0 saturated carbocycles. The van der Waals surface area contributed by atoms with Crippen LogP contribution in [-0.2, 0) is 14.3 Å². The van der Waals surface area contributed by atoms with Crippen molar-refractivity contribution in [3.8, 4) is 0 Å². The van der Waals surface area contributed by atoms with Crippen LogP contribution in [0.25, 0.3) is 0 Å². The first-order chi connectivity index (χ1) is 13.3. The van der Waals surface area contributed by atoms with Crippen LogP contribution >= 0.6 is 0 Å². The molecule has 2 N–H and O–H groups in total. The maximum atomic E-state index is 12.6. The van der Waals surface area contributed by atoms with Crippen LogP contribution in [0.1, 0.15) is 43.3 Å². The molecule has 0 radical (unpaired) electrons. The van der Waals surface area contributed by atoms with Crippen LogP contribution < -0.4 is 10.6 Å². The number of rotatable bonds is 8. The standard InChI is InChI=1S/C20H25N3O5/c1-5-15(19(25)21-16-11-13(4)28-23-16)27-20(26)17(12(2)3)22-18(24)14-9-7-6-8-10-14/h6-12,15,17H,5H2,1-4H3,(H,22,24)(H,21,23,25)/t15?,17-/m0/s1. The number of carbonyl (C=O) groups excluding carboxylic acids is 3. The van der Waals surface area contributed by atoms with E-state index in [0.717, 1.165) is 0 Å². The fraction of sp³-hybridized carbons (Fsp3) is 0.400. The van der Waals surface area contributed by atoms with Gasteiger partial charge in [-0.2, -0.15) is 0 Å². The van der Waals surface area contributed by atoms with Crippen LogP contribution in [0.4, 0.5) is 5.82 Å². The Bertz CT molecular complexity index is 816. The zero-order valence-electron chi connectivity index (χ0n) is 16.4. The molecule has 0 fully saturated rings. The summed E-state index contributed by atoms with van der Waals surface area (Å²) in [4.78, 5) is 37.4. The maximum absolute atomic E-state index is 12.6. The van der Waals surface area contributed by atoms with E-state index >= 15 is 0 Å². The summed E-state index contributed by atoms with van der Waals surface area (Å²) >= 11 is 0. The second kappa shape index (κ2) is 9.68. The Morgan fingerprint density at radius 2 is 1.86 bits per heavy atom. The van der Waals surface area contributed by atoms with Crippen molar-refractivity contribution in [3.05, 3.63) is 47.7 Å². The van der Waals surface area contributed by atoms with E-state index < -0.39 is 24.0 Å². The zero-order valence-corrected chi connectivity index (χ0v) is 16.4. The van der Waals surface area contributed by atoms with E-state index in [2.05, 4.69) is 15.8 Å². The van der Waals surface area contributed by atoms with Gasteiger partial charge in [-0.3, -0.25) is 9.59 Å². The molecule has 0 saturated heterocycles. The molecule has 8 nitrogen and oxygen atoms in total.